The Labute approximate surface area is 194 Å². The van der Waals surface area contributed by atoms with E-state index in [1.165, 1.54) is 0 Å². The number of nitrogens with one attached hydrogen (secondary N) is 1. The van der Waals surface area contributed by atoms with Crippen LogP contribution in [0.1, 0.15) is 54.9 Å². The molecule has 0 radical (unpaired) electrons. The van der Waals surface area contributed by atoms with Gasteiger partial charge in [0.15, 0.2) is 5.69 Å². The molecule has 0 bridgehead atoms. The van der Waals surface area contributed by atoms with Crippen molar-refractivity contribution in [3.8, 4) is 0 Å². The number of nitrogens with zero attached hydrogens (tertiary/aromatic N) is 4. The van der Waals surface area contributed by atoms with Gasteiger partial charge < -0.3 is 15.1 Å². The van der Waals surface area contributed by atoms with Crippen molar-refractivity contribution in [3.05, 3.63) is 47.3 Å². The lowest BCUT2D eigenvalue weighted by Crippen LogP contribution is -2.44. The summed E-state index contributed by atoms with van der Waals surface area (Å²) in [5.74, 6) is -0.0595. The topological polar surface area (TPSA) is 87.5 Å². The van der Waals surface area contributed by atoms with Crippen molar-refractivity contribution >= 4 is 23.4 Å². The van der Waals surface area contributed by atoms with E-state index >= 15 is 0 Å². The van der Waals surface area contributed by atoms with Gasteiger partial charge in [0.1, 0.15) is 0 Å². The van der Waals surface area contributed by atoms with Crippen molar-refractivity contribution in [2.24, 2.45) is 18.9 Å². The highest BCUT2D eigenvalue weighted by atomic mass is 16.2. The lowest BCUT2D eigenvalue weighted by Gasteiger charge is -2.32. The van der Waals surface area contributed by atoms with Crippen LogP contribution in [0.15, 0.2) is 30.3 Å². The average molecular weight is 452 g/mol. The molecule has 8 heteroatoms. The Morgan fingerprint density at radius 1 is 1.12 bits per heavy atom. The normalized spacial score (nSPS) is 18.2. The third kappa shape index (κ3) is 5.10. The smallest absolute Gasteiger partial charge is 0.274 e. The average Bonchev–Trinajstić information content (AvgIpc) is 3.14. The van der Waals surface area contributed by atoms with Crippen molar-refractivity contribution in [2.75, 3.05) is 25.0 Å². The summed E-state index contributed by atoms with van der Waals surface area (Å²) in [5.41, 5.74) is 3.04. The molecule has 0 aliphatic carbocycles. The van der Waals surface area contributed by atoms with E-state index < -0.39 is 0 Å². The summed E-state index contributed by atoms with van der Waals surface area (Å²) in [7, 11) is 1.85. The van der Waals surface area contributed by atoms with Gasteiger partial charge in [-0.3, -0.25) is 19.1 Å². The molecule has 176 valence electrons. The Hall–Kier alpha value is -3.16. The minimum atomic E-state index is -0.258. The monoisotopic (exact) mass is 451 g/mol. The molecule has 1 saturated heterocycles. The Kier molecular flexibility index (Phi) is 6.81. The summed E-state index contributed by atoms with van der Waals surface area (Å²) >= 11 is 0. The number of likely N-dealkylation sites (tertiary alicyclic amines) is 1. The SMILES string of the molecule is CC(C)CC(=O)N1CCc2c(c(C(=O)N3CCC[C@H](C(=O)Nc4ccccc4)C3)nn2C)C1. The van der Waals surface area contributed by atoms with Crippen LogP contribution in [0.25, 0.3) is 0 Å². The van der Waals surface area contributed by atoms with E-state index in [-0.39, 0.29) is 23.6 Å². The Balaban J connectivity index is 1.47. The quantitative estimate of drug-likeness (QED) is 0.757. The van der Waals surface area contributed by atoms with Gasteiger partial charge in [0.25, 0.3) is 5.91 Å². The number of amides is 3. The van der Waals surface area contributed by atoms with Gasteiger partial charge in [0.05, 0.1) is 5.92 Å². The molecule has 0 spiro atoms. The minimum Gasteiger partial charge on any atom is -0.338 e. The summed E-state index contributed by atoms with van der Waals surface area (Å²) in [4.78, 5) is 42.5. The van der Waals surface area contributed by atoms with E-state index in [9.17, 15) is 14.4 Å². The van der Waals surface area contributed by atoms with Gasteiger partial charge in [-0.2, -0.15) is 5.10 Å². The first kappa shape index (κ1) is 23.0. The zero-order valence-electron chi connectivity index (χ0n) is 19.7. The highest BCUT2D eigenvalue weighted by Crippen LogP contribution is 2.26. The zero-order valence-corrected chi connectivity index (χ0v) is 19.7. The third-order valence-electron chi connectivity index (χ3n) is 6.50. The van der Waals surface area contributed by atoms with E-state index in [2.05, 4.69) is 10.4 Å². The maximum atomic E-state index is 13.5. The molecule has 1 N–H and O–H groups in total. The Bertz CT molecular complexity index is 1030. The second-order valence-corrected chi connectivity index (χ2v) is 9.51. The molecule has 0 saturated carbocycles. The number of aromatic nitrogens is 2. The van der Waals surface area contributed by atoms with Crippen LogP contribution in [0.5, 0.6) is 0 Å². The highest BCUT2D eigenvalue weighted by molar-refractivity contribution is 5.96. The molecular weight excluding hydrogens is 418 g/mol. The number of aryl methyl sites for hydroxylation is 1. The molecule has 1 fully saturated rings. The predicted molar refractivity (Wildman–Crippen MR) is 125 cm³/mol. The fourth-order valence-electron chi connectivity index (χ4n) is 4.75. The van der Waals surface area contributed by atoms with Gasteiger partial charge >= 0.3 is 0 Å². The van der Waals surface area contributed by atoms with Crippen molar-refractivity contribution < 1.29 is 14.4 Å². The number of benzene rings is 1. The van der Waals surface area contributed by atoms with Crippen LogP contribution < -0.4 is 5.32 Å². The summed E-state index contributed by atoms with van der Waals surface area (Å²) in [6, 6.07) is 9.38. The number of para-hydroxylation sites is 1. The number of anilines is 1. The standard InChI is InChI=1S/C25H33N5O3/c1-17(2)14-22(31)29-13-11-21-20(16-29)23(27-28(21)3)25(33)30-12-7-8-18(15-30)24(32)26-19-9-5-4-6-10-19/h4-6,9-10,17-18H,7-8,11-16H2,1-3H3,(H,26,32)/t18-/m0/s1. The maximum absolute atomic E-state index is 13.5. The largest absolute Gasteiger partial charge is 0.338 e. The van der Waals surface area contributed by atoms with Crippen molar-refractivity contribution in [1.29, 1.82) is 0 Å². The van der Waals surface area contributed by atoms with E-state index in [1.807, 2.05) is 56.1 Å². The first-order valence-electron chi connectivity index (χ1n) is 11.8. The van der Waals surface area contributed by atoms with E-state index in [0.717, 1.165) is 29.8 Å². The van der Waals surface area contributed by atoms with Gasteiger partial charge in [-0.15, -0.1) is 0 Å². The van der Waals surface area contributed by atoms with Gasteiger partial charge in [-0.05, 0) is 30.9 Å². The number of hydrogen-bond donors (Lipinski definition) is 1. The second-order valence-electron chi connectivity index (χ2n) is 9.51. The molecule has 3 heterocycles. The Morgan fingerprint density at radius 2 is 1.88 bits per heavy atom. The van der Waals surface area contributed by atoms with Crippen LogP contribution in [-0.2, 0) is 29.6 Å². The first-order valence-corrected chi connectivity index (χ1v) is 11.8. The number of rotatable bonds is 5. The lowest BCUT2D eigenvalue weighted by molar-refractivity contribution is -0.133. The number of piperidine rings is 1. The van der Waals surface area contributed by atoms with Gasteiger partial charge in [0.2, 0.25) is 11.8 Å². The fourth-order valence-corrected chi connectivity index (χ4v) is 4.75. The van der Waals surface area contributed by atoms with Crippen LogP contribution in [0, 0.1) is 11.8 Å². The molecule has 33 heavy (non-hydrogen) atoms. The molecule has 0 unspecified atom stereocenters. The van der Waals surface area contributed by atoms with Gasteiger partial charge in [-0.25, -0.2) is 0 Å². The summed E-state index contributed by atoms with van der Waals surface area (Å²) in [6.07, 6.45) is 2.72. The van der Waals surface area contributed by atoms with E-state index in [0.29, 0.717) is 50.6 Å². The van der Waals surface area contributed by atoms with E-state index in [4.69, 9.17) is 0 Å². The van der Waals surface area contributed by atoms with Crippen molar-refractivity contribution in [1.82, 2.24) is 19.6 Å². The molecule has 1 aromatic heterocycles. The molecule has 3 amide bonds. The van der Waals surface area contributed by atoms with Crippen LogP contribution in [-0.4, -0.2) is 56.9 Å². The Morgan fingerprint density at radius 3 is 2.61 bits per heavy atom. The highest BCUT2D eigenvalue weighted by Gasteiger charge is 2.34. The molecule has 1 aromatic carbocycles. The van der Waals surface area contributed by atoms with E-state index in [1.54, 1.807) is 9.58 Å². The lowest BCUT2D eigenvalue weighted by atomic mass is 9.96. The fraction of sp³-hybridized carbons (Fsp3) is 0.520. The number of fused-ring (bicyclic) bond motifs is 1. The van der Waals surface area contributed by atoms with Gasteiger partial charge in [-0.1, -0.05) is 32.0 Å². The molecule has 2 aliphatic heterocycles. The number of carbonyl (C=O) groups is 3. The predicted octanol–water partition coefficient (Wildman–Crippen LogP) is 2.84. The molecular formula is C25H33N5O3. The zero-order chi connectivity index (χ0) is 23.5. The molecule has 2 aliphatic rings. The number of carbonyl (C=O) groups excluding carboxylic acids is 3. The van der Waals surface area contributed by atoms with Crippen LogP contribution in [0.2, 0.25) is 0 Å². The summed E-state index contributed by atoms with van der Waals surface area (Å²) in [6.45, 7) is 6.12. The maximum Gasteiger partial charge on any atom is 0.274 e. The molecule has 1 atom stereocenters. The number of hydrogen-bond acceptors (Lipinski definition) is 4. The van der Waals surface area contributed by atoms with Crippen LogP contribution in [0.3, 0.4) is 0 Å². The minimum absolute atomic E-state index is 0.0628. The second kappa shape index (κ2) is 9.77. The van der Waals surface area contributed by atoms with Gasteiger partial charge in [0, 0.05) is 63.0 Å². The van der Waals surface area contributed by atoms with Crippen LogP contribution >= 0.6 is 0 Å². The summed E-state index contributed by atoms with van der Waals surface area (Å²) in [5, 5.41) is 7.50. The first-order chi connectivity index (χ1) is 15.8. The summed E-state index contributed by atoms with van der Waals surface area (Å²) < 4.78 is 1.77. The molecule has 2 aromatic rings. The molecule has 4 rings (SSSR count). The van der Waals surface area contributed by atoms with Crippen molar-refractivity contribution in [2.45, 2.75) is 46.1 Å². The van der Waals surface area contributed by atoms with Crippen molar-refractivity contribution in [3.63, 3.8) is 0 Å². The van der Waals surface area contributed by atoms with Crippen LogP contribution in [0.4, 0.5) is 5.69 Å². The molecule has 8 nitrogen and oxygen atoms in total. The third-order valence-corrected chi connectivity index (χ3v) is 6.50.